The monoisotopic (exact) mass is 322 g/mol. The molecular weight excluding hydrogens is 307 g/mol. The van der Waals surface area contributed by atoms with Crippen molar-refractivity contribution in [2.24, 2.45) is 5.14 Å². The first-order valence-corrected chi connectivity index (χ1v) is 7.96. The molecule has 20 heavy (non-hydrogen) atoms. The average molecular weight is 323 g/mol. The third-order valence-corrected chi connectivity index (χ3v) is 4.76. The zero-order valence-electron chi connectivity index (χ0n) is 11.0. The van der Waals surface area contributed by atoms with E-state index < -0.39 is 15.9 Å². The summed E-state index contributed by atoms with van der Waals surface area (Å²) in [4.78, 5) is 0. The number of nitrogens with two attached hydrogens (primary N) is 1. The molecule has 0 spiro atoms. The van der Waals surface area contributed by atoms with Crippen molar-refractivity contribution < 1.29 is 17.5 Å². The van der Waals surface area contributed by atoms with Crippen LogP contribution in [0, 0.1) is 0 Å². The van der Waals surface area contributed by atoms with E-state index in [0.29, 0.717) is 12.2 Å². The second-order valence-electron chi connectivity index (χ2n) is 4.76. The Morgan fingerprint density at radius 2 is 2.20 bits per heavy atom. The third kappa shape index (κ3) is 2.90. The Morgan fingerprint density at radius 3 is 2.80 bits per heavy atom. The number of hydrogen-bond acceptors (Lipinski definition) is 3. The molecule has 1 atom stereocenters. The predicted octanol–water partition coefficient (Wildman–Crippen LogP) is 1.81. The molecule has 0 aromatic heterocycles. The quantitative estimate of drug-likeness (QED) is 0.922. The highest BCUT2D eigenvalue weighted by atomic mass is 35.5. The number of hydrogen-bond donors (Lipinski definition) is 1. The molecule has 0 saturated carbocycles. The lowest BCUT2D eigenvalue weighted by Crippen LogP contribution is -2.48. The molecule has 0 aliphatic carbocycles. The van der Waals surface area contributed by atoms with Crippen LogP contribution in [0.15, 0.2) is 18.2 Å². The van der Waals surface area contributed by atoms with Crippen LogP contribution in [-0.2, 0) is 15.9 Å². The van der Waals surface area contributed by atoms with Crippen molar-refractivity contribution in [1.29, 1.82) is 0 Å². The Balaban J connectivity index is 2.45. The Labute approximate surface area is 122 Å². The standard InChI is InChI=1S/C12H16ClFN2O3S/c1-19-10-5-2-4-9(13)11(10)12(14)6-3-7-16(8-12)20(15,17)18/h2,4-5H,3,6-8H2,1H3,(H2,15,17,18). The Morgan fingerprint density at radius 1 is 1.50 bits per heavy atom. The van der Waals surface area contributed by atoms with E-state index in [2.05, 4.69) is 0 Å². The second kappa shape index (κ2) is 5.48. The summed E-state index contributed by atoms with van der Waals surface area (Å²) in [6.45, 7) is -0.150. The molecule has 1 fully saturated rings. The van der Waals surface area contributed by atoms with Crippen LogP contribution in [-0.4, -0.2) is 32.9 Å². The normalized spacial score (nSPS) is 24.6. The zero-order chi connectivity index (χ0) is 15.0. The maximum Gasteiger partial charge on any atom is 0.277 e. The topological polar surface area (TPSA) is 72.6 Å². The van der Waals surface area contributed by atoms with Crippen molar-refractivity contribution in [3.05, 3.63) is 28.8 Å². The molecule has 1 aromatic rings. The van der Waals surface area contributed by atoms with E-state index in [-0.39, 0.29) is 30.1 Å². The summed E-state index contributed by atoms with van der Waals surface area (Å²) in [5.41, 5.74) is -1.73. The molecule has 0 amide bonds. The summed E-state index contributed by atoms with van der Waals surface area (Å²) >= 11 is 6.07. The zero-order valence-corrected chi connectivity index (χ0v) is 12.5. The highest BCUT2D eigenvalue weighted by Crippen LogP contribution is 2.44. The van der Waals surface area contributed by atoms with Gasteiger partial charge in [0, 0.05) is 6.54 Å². The van der Waals surface area contributed by atoms with Gasteiger partial charge in [0.25, 0.3) is 10.2 Å². The van der Waals surface area contributed by atoms with E-state index in [4.69, 9.17) is 21.5 Å². The molecule has 1 aromatic carbocycles. The fourth-order valence-electron chi connectivity index (χ4n) is 2.50. The average Bonchev–Trinajstić information content (AvgIpc) is 2.37. The number of ether oxygens (including phenoxy) is 1. The maximum absolute atomic E-state index is 15.3. The lowest BCUT2D eigenvalue weighted by molar-refractivity contribution is 0.0788. The summed E-state index contributed by atoms with van der Waals surface area (Å²) in [5, 5.41) is 5.30. The van der Waals surface area contributed by atoms with Crippen molar-refractivity contribution in [2.45, 2.75) is 18.5 Å². The smallest absolute Gasteiger partial charge is 0.277 e. The summed E-state index contributed by atoms with van der Waals surface area (Å²) < 4.78 is 44.2. The van der Waals surface area contributed by atoms with Crippen molar-refractivity contribution >= 4 is 21.8 Å². The molecular formula is C12H16ClFN2O3S. The fraction of sp³-hybridized carbons (Fsp3) is 0.500. The Bertz CT molecular complexity index is 611. The van der Waals surface area contributed by atoms with Crippen LogP contribution in [0.5, 0.6) is 5.75 Å². The molecule has 1 saturated heterocycles. The molecule has 1 aliphatic heterocycles. The summed E-state index contributed by atoms with van der Waals surface area (Å²) in [7, 11) is -2.51. The minimum absolute atomic E-state index is 0.166. The van der Waals surface area contributed by atoms with Gasteiger partial charge in [0.2, 0.25) is 0 Å². The minimum atomic E-state index is -3.93. The SMILES string of the molecule is COc1cccc(Cl)c1C1(F)CCCN(S(N)(=O)=O)C1. The third-order valence-electron chi connectivity index (χ3n) is 3.41. The maximum atomic E-state index is 15.3. The molecule has 0 radical (unpaired) electrons. The van der Waals surface area contributed by atoms with Gasteiger partial charge in [0.05, 0.1) is 24.2 Å². The van der Waals surface area contributed by atoms with Crippen LogP contribution < -0.4 is 9.88 Å². The largest absolute Gasteiger partial charge is 0.496 e. The molecule has 1 heterocycles. The minimum Gasteiger partial charge on any atom is -0.496 e. The number of piperidine rings is 1. The summed E-state index contributed by atoms with van der Waals surface area (Å²) in [5.74, 6) is 0.302. The molecule has 1 unspecified atom stereocenters. The van der Waals surface area contributed by atoms with Gasteiger partial charge in [-0.2, -0.15) is 12.7 Å². The predicted molar refractivity (Wildman–Crippen MR) is 74.7 cm³/mol. The lowest BCUT2D eigenvalue weighted by Gasteiger charge is -2.36. The van der Waals surface area contributed by atoms with Crippen molar-refractivity contribution in [3.8, 4) is 5.75 Å². The highest BCUT2D eigenvalue weighted by molar-refractivity contribution is 7.86. The van der Waals surface area contributed by atoms with Crippen molar-refractivity contribution in [1.82, 2.24) is 4.31 Å². The second-order valence-corrected chi connectivity index (χ2v) is 6.72. The molecule has 2 N–H and O–H groups in total. The first kappa shape index (κ1) is 15.5. The number of alkyl halides is 1. The van der Waals surface area contributed by atoms with Crippen molar-refractivity contribution in [2.75, 3.05) is 20.2 Å². The highest BCUT2D eigenvalue weighted by Gasteiger charge is 2.43. The molecule has 2 rings (SSSR count). The number of rotatable bonds is 3. The van der Waals surface area contributed by atoms with E-state index in [9.17, 15) is 8.42 Å². The lowest BCUT2D eigenvalue weighted by atomic mass is 9.87. The molecule has 5 nitrogen and oxygen atoms in total. The van der Waals surface area contributed by atoms with Gasteiger partial charge < -0.3 is 4.74 Å². The van der Waals surface area contributed by atoms with E-state index in [1.807, 2.05) is 0 Å². The van der Waals surface area contributed by atoms with Gasteiger partial charge in [-0.3, -0.25) is 0 Å². The van der Waals surface area contributed by atoms with Crippen LogP contribution in [0.2, 0.25) is 5.02 Å². The van der Waals surface area contributed by atoms with E-state index in [1.54, 1.807) is 18.2 Å². The molecule has 0 bridgehead atoms. The number of methoxy groups -OCH3 is 1. The fourth-order valence-corrected chi connectivity index (χ4v) is 3.61. The van der Waals surface area contributed by atoms with E-state index in [0.717, 1.165) is 4.31 Å². The van der Waals surface area contributed by atoms with E-state index >= 15 is 4.39 Å². The first-order valence-electron chi connectivity index (χ1n) is 6.08. The first-order chi connectivity index (χ1) is 9.28. The number of benzene rings is 1. The van der Waals surface area contributed by atoms with Gasteiger partial charge in [0.1, 0.15) is 5.75 Å². The molecule has 1 aliphatic rings. The Hall–Kier alpha value is -0.890. The number of halogens is 2. The van der Waals surface area contributed by atoms with Gasteiger partial charge in [-0.15, -0.1) is 0 Å². The van der Waals surface area contributed by atoms with Crippen LogP contribution in [0.4, 0.5) is 4.39 Å². The number of nitrogens with zero attached hydrogens (tertiary/aromatic N) is 1. The van der Waals surface area contributed by atoms with Crippen LogP contribution in [0.25, 0.3) is 0 Å². The van der Waals surface area contributed by atoms with E-state index in [1.165, 1.54) is 7.11 Å². The summed E-state index contributed by atoms with van der Waals surface area (Å²) in [6.07, 6.45) is 0.528. The summed E-state index contributed by atoms with van der Waals surface area (Å²) in [6, 6.07) is 4.80. The van der Waals surface area contributed by atoms with Gasteiger partial charge in [-0.1, -0.05) is 17.7 Å². The molecule has 8 heteroatoms. The van der Waals surface area contributed by atoms with Crippen LogP contribution >= 0.6 is 11.6 Å². The molecule has 112 valence electrons. The van der Waals surface area contributed by atoms with Gasteiger partial charge >= 0.3 is 0 Å². The van der Waals surface area contributed by atoms with Crippen LogP contribution in [0.1, 0.15) is 18.4 Å². The van der Waals surface area contributed by atoms with Gasteiger partial charge in [-0.05, 0) is 25.0 Å². The van der Waals surface area contributed by atoms with Gasteiger partial charge in [-0.25, -0.2) is 9.53 Å². The van der Waals surface area contributed by atoms with Crippen molar-refractivity contribution in [3.63, 3.8) is 0 Å². The van der Waals surface area contributed by atoms with Gasteiger partial charge in [0.15, 0.2) is 5.67 Å². The Kier molecular flexibility index (Phi) is 4.24. The van der Waals surface area contributed by atoms with Crippen LogP contribution in [0.3, 0.4) is 0 Å².